The number of pyridine rings is 2. The number of aromatic nitrogens is 4. The number of aliphatic hydroxyl groups is 1. The van der Waals surface area contributed by atoms with Crippen LogP contribution in [0.15, 0.2) is 60.9 Å². The number of piperazine rings is 1. The number of rotatable bonds is 8. The number of aldehydes is 1. The third-order valence-electron chi connectivity index (χ3n) is 5.94. The molecule has 1 aromatic carbocycles. The molecular weight excluding hydrogens is 432 g/mol. The second-order valence-corrected chi connectivity index (χ2v) is 8.39. The first-order valence-corrected chi connectivity index (χ1v) is 11.3. The summed E-state index contributed by atoms with van der Waals surface area (Å²) in [4.78, 5) is 24.3. The standard InChI is InChI=1S/C25H26N6O3/c32-17-21(33)16-31-11-9-30(10-12-31)15-20-3-1-18-13-22(4-5-23(18)28-20)34-25-6-2-19(14-26-25)24-7-8-27-29-24/h1-8,13-14,17,21,33H,9-12,15-16H2,(H,27,29)/t21-/m1/s1. The Bertz CT molecular complexity index is 1240. The van der Waals surface area contributed by atoms with Crippen LogP contribution in [0, 0.1) is 0 Å². The Balaban J connectivity index is 1.20. The summed E-state index contributed by atoms with van der Waals surface area (Å²) < 4.78 is 5.94. The first kappa shape index (κ1) is 22.1. The predicted octanol–water partition coefficient (Wildman–Crippen LogP) is 2.49. The minimum atomic E-state index is -0.903. The minimum Gasteiger partial charge on any atom is -0.439 e. The lowest BCUT2D eigenvalue weighted by Crippen LogP contribution is -2.48. The number of aromatic amines is 1. The van der Waals surface area contributed by atoms with Crippen LogP contribution < -0.4 is 4.74 Å². The van der Waals surface area contributed by atoms with Crippen molar-refractivity contribution >= 4 is 17.2 Å². The molecule has 3 aromatic heterocycles. The monoisotopic (exact) mass is 458 g/mol. The van der Waals surface area contributed by atoms with E-state index in [0.29, 0.717) is 24.5 Å². The van der Waals surface area contributed by atoms with E-state index < -0.39 is 6.10 Å². The summed E-state index contributed by atoms with van der Waals surface area (Å²) in [6.07, 6.45) is 3.15. The number of aliphatic hydroxyl groups excluding tert-OH is 1. The third-order valence-corrected chi connectivity index (χ3v) is 5.94. The highest BCUT2D eigenvalue weighted by molar-refractivity contribution is 5.80. The van der Waals surface area contributed by atoms with E-state index in [1.165, 1.54) is 0 Å². The van der Waals surface area contributed by atoms with Gasteiger partial charge in [0.05, 0.1) is 16.9 Å². The smallest absolute Gasteiger partial charge is 0.219 e. The topological polar surface area (TPSA) is 107 Å². The van der Waals surface area contributed by atoms with Crippen molar-refractivity contribution in [2.24, 2.45) is 0 Å². The largest absolute Gasteiger partial charge is 0.439 e. The molecule has 5 rings (SSSR count). The third kappa shape index (κ3) is 5.28. The number of H-pyrrole nitrogens is 1. The van der Waals surface area contributed by atoms with E-state index in [1.54, 1.807) is 12.4 Å². The summed E-state index contributed by atoms with van der Waals surface area (Å²) in [5.41, 5.74) is 3.78. The molecule has 0 bridgehead atoms. The Morgan fingerprint density at radius 1 is 1.06 bits per heavy atom. The van der Waals surface area contributed by atoms with Crippen molar-refractivity contribution in [1.29, 1.82) is 0 Å². The number of β-amino-alcohol motifs (C(OH)–C–C–N with tert-alkyl or cyclic N) is 1. The molecule has 0 radical (unpaired) electrons. The number of hydrogen-bond donors (Lipinski definition) is 2. The molecule has 4 aromatic rings. The van der Waals surface area contributed by atoms with Crippen LogP contribution in [-0.4, -0.2) is 80.2 Å². The predicted molar refractivity (Wildman–Crippen MR) is 127 cm³/mol. The van der Waals surface area contributed by atoms with E-state index in [1.807, 2.05) is 42.5 Å². The Hall–Kier alpha value is -3.66. The van der Waals surface area contributed by atoms with Crippen molar-refractivity contribution in [3.63, 3.8) is 0 Å². The molecular formula is C25H26N6O3. The van der Waals surface area contributed by atoms with Crippen molar-refractivity contribution in [2.75, 3.05) is 32.7 Å². The van der Waals surface area contributed by atoms with Crippen LogP contribution in [0.4, 0.5) is 0 Å². The first-order chi connectivity index (χ1) is 16.7. The van der Waals surface area contributed by atoms with Gasteiger partial charge in [0, 0.05) is 68.7 Å². The molecule has 4 heterocycles. The van der Waals surface area contributed by atoms with E-state index in [2.05, 4.69) is 31.0 Å². The van der Waals surface area contributed by atoms with Gasteiger partial charge in [-0.25, -0.2) is 4.98 Å². The minimum absolute atomic E-state index is 0.403. The summed E-state index contributed by atoms with van der Waals surface area (Å²) in [7, 11) is 0. The van der Waals surface area contributed by atoms with Crippen LogP contribution >= 0.6 is 0 Å². The van der Waals surface area contributed by atoms with Crippen LogP contribution in [-0.2, 0) is 11.3 Å². The van der Waals surface area contributed by atoms with E-state index in [0.717, 1.165) is 60.6 Å². The summed E-state index contributed by atoms with van der Waals surface area (Å²) in [5.74, 6) is 1.23. The number of nitrogens with one attached hydrogen (secondary N) is 1. The zero-order valence-electron chi connectivity index (χ0n) is 18.7. The number of ether oxygens (including phenoxy) is 1. The van der Waals surface area contributed by atoms with Gasteiger partial charge in [-0.1, -0.05) is 6.07 Å². The summed E-state index contributed by atoms with van der Waals surface area (Å²) in [6.45, 7) is 4.59. The van der Waals surface area contributed by atoms with E-state index >= 15 is 0 Å². The van der Waals surface area contributed by atoms with Gasteiger partial charge in [-0.2, -0.15) is 5.10 Å². The van der Waals surface area contributed by atoms with Crippen molar-refractivity contribution in [2.45, 2.75) is 12.6 Å². The van der Waals surface area contributed by atoms with Gasteiger partial charge in [-0.3, -0.25) is 19.9 Å². The Morgan fingerprint density at radius 3 is 2.65 bits per heavy atom. The molecule has 2 N–H and O–H groups in total. The van der Waals surface area contributed by atoms with E-state index in [9.17, 15) is 9.90 Å². The maximum absolute atomic E-state index is 10.6. The van der Waals surface area contributed by atoms with Crippen LogP contribution in [0.5, 0.6) is 11.6 Å². The molecule has 0 saturated carbocycles. The number of fused-ring (bicyclic) bond motifs is 1. The van der Waals surface area contributed by atoms with Gasteiger partial charge in [0.2, 0.25) is 5.88 Å². The van der Waals surface area contributed by atoms with Gasteiger partial charge in [0.15, 0.2) is 0 Å². The molecule has 9 heteroatoms. The molecule has 1 saturated heterocycles. The molecule has 9 nitrogen and oxygen atoms in total. The van der Waals surface area contributed by atoms with Crippen LogP contribution in [0.1, 0.15) is 5.69 Å². The van der Waals surface area contributed by atoms with Gasteiger partial charge in [0.25, 0.3) is 0 Å². The fraction of sp³-hybridized carbons (Fsp3) is 0.280. The fourth-order valence-corrected chi connectivity index (χ4v) is 4.10. The summed E-state index contributed by atoms with van der Waals surface area (Å²) >= 11 is 0. The number of nitrogens with zero attached hydrogens (tertiary/aromatic N) is 5. The zero-order chi connectivity index (χ0) is 23.3. The molecule has 0 spiro atoms. The molecule has 1 aliphatic rings. The van der Waals surface area contributed by atoms with Gasteiger partial charge in [-0.05, 0) is 36.4 Å². The molecule has 34 heavy (non-hydrogen) atoms. The van der Waals surface area contributed by atoms with Crippen LogP contribution in [0.3, 0.4) is 0 Å². The molecule has 174 valence electrons. The SMILES string of the molecule is O=C[C@H](O)CN1CCN(Cc2ccc3cc(Oc4ccc(-c5ccn[nH]5)cn4)ccc3n2)CC1. The van der Waals surface area contributed by atoms with Crippen LogP contribution in [0.2, 0.25) is 0 Å². The van der Waals surface area contributed by atoms with Gasteiger partial charge < -0.3 is 14.6 Å². The second kappa shape index (κ2) is 10.1. The highest BCUT2D eigenvalue weighted by Crippen LogP contribution is 2.26. The quantitative estimate of drug-likeness (QED) is 0.388. The maximum Gasteiger partial charge on any atom is 0.219 e. The van der Waals surface area contributed by atoms with Gasteiger partial charge in [-0.15, -0.1) is 0 Å². The number of benzene rings is 1. The molecule has 0 amide bonds. The fourth-order valence-electron chi connectivity index (χ4n) is 4.10. The van der Waals surface area contributed by atoms with E-state index in [4.69, 9.17) is 9.72 Å². The Kier molecular flexibility index (Phi) is 6.57. The average molecular weight is 459 g/mol. The zero-order valence-corrected chi connectivity index (χ0v) is 18.7. The van der Waals surface area contributed by atoms with Crippen LogP contribution in [0.25, 0.3) is 22.2 Å². The molecule has 1 aliphatic heterocycles. The maximum atomic E-state index is 10.6. The molecule has 0 unspecified atom stereocenters. The van der Waals surface area contributed by atoms with Crippen molar-refractivity contribution in [3.8, 4) is 22.9 Å². The highest BCUT2D eigenvalue weighted by Gasteiger charge is 2.19. The number of carbonyl (C=O) groups is 1. The number of hydrogen-bond acceptors (Lipinski definition) is 8. The summed E-state index contributed by atoms with van der Waals surface area (Å²) in [6, 6.07) is 15.6. The summed E-state index contributed by atoms with van der Waals surface area (Å²) in [5, 5.41) is 17.4. The first-order valence-electron chi connectivity index (χ1n) is 11.3. The lowest BCUT2D eigenvalue weighted by atomic mass is 10.2. The van der Waals surface area contributed by atoms with Crippen molar-refractivity contribution in [1.82, 2.24) is 30.0 Å². The number of carbonyl (C=O) groups excluding carboxylic acids is 1. The normalized spacial score (nSPS) is 15.9. The lowest BCUT2D eigenvalue weighted by molar-refractivity contribution is -0.115. The molecule has 1 fully saturated rings. The highest BCUT2D eigenvalue weighted by atomic mass is 16.5. The van der Waals surface area contributed by atoms with Crippen molar-refractivity contribution < 1.29 is 14.6 Å². The van der Waals surface area contributed by atoms with Gasteiger partial charge in [0.1, 0.15) is 18.1 Å². The van der Waals surface area contributed by atoms with Crippen molar-refractivity contribution in [3.05, 3.63) is 66.6 Å². The lowest BCUT2D eigenvalue weighted by Gasteiger charge is -2.34. The second-order valence-electron chi connectivity index (χ2n) is 8.39. The Morgan fingerprint density at radius 2 is 1.91 bits per heavy atom. The average Bonchev–Trinajstić information content (AvgIpc) is 3.41. The Labute approximate surface area is 197 Å². The molecule has 0 aliphatic carbocycles. The van der Waals surface area contributed by atoms with Gasteiger partial charge >= 0.3 is 0 Å². The molecule has 1 atom stereocenters. The van der Waals surface area contributed by atoms with E-state index in [-0.39, 0.29) is 0 Å².